The number of carbonyl (C=O) groups is 1. The average molecular weight is 445 g/mol. The molecule has 1 heterocycles. The first-order chi connectivity index (χ1) is 14.2. The fourth-order valence-electron chi connectivity index (χ4n) is 2.78. The standard InChI is InChI=1S/C23H17BrN4O/c24-18-7-4-8-20(15-18)27-23(29)17-9-11-19(12-10-17)26-21-13-14-25-22(28-21)16-5-2-1-3-6-16/h1-15H,(H,27,29)(H,25,26,28). The topological polar surface area (TPSA) is 66.9 Å². The van der Waals surface area contributed by atoms with Crippen LogP contribution in [0.5, 0.6) is 0 Å². The van der Waals surface area contributed by atoms with Crippen molar-refractivity contribution in [2.45, 2.75) is 0 Å². The molecule has 0 aliphatic rings. The Bertz CT molecular complexity index is 1130. The van der Waals surface area contributed by atoms with Gasteiger partial charge in [-0.25, -0.2) is 9.97 Å². The van der Waals surface area contributed by atoms with Gasteiger partial charge in [0.05, 0.1) is 0 Å². The van der Waals surface area contributed by atoms with Gasteiger partial charge in [-0.2, -0.15) is 0 Å². The molecule has 0 saturated carbocycles. The molecule has 2 N–H and O–H groups in total. The van der Waals surface area contributed by atoms with Gasteiger partial charge in [0, 0.05) is 33.2 Å². The van der Waals surface area contributed by atoms with E-state index in [9.17, 15) is 4.79 Å². The maximum absolute atomic E-state index is 12.4. The second-order valence-electron chi connectivity index (χ2n) is 6.30. The third kappa shape index (κ3) is 4.86. The van der Waals surface area contributed by atoms with E-state index in [0.717, 1.165) is 21.4 Å². The SMILES string of the molecule is O=C(Nc1cccc(Br)c1)c1ccc(Nc2ccnc(-c3ccccc3)n2)cc1. The molecule has 3 aromatic carbocycles. The molecule has 0 atom stereocenters. The predicted molar refractivity (Wildman–Crippen MR) is 119 cm³/mol. The Labute approximate surface area is 177 Å². The number of hydrogen-bond acceptors (Lipinski definition) is 4. The van der Waals surface area contributed by atoms with Crippen molar-refractivity contribution >= 4 is 39.0 Å². The number of carbonyl (C=O) groups excluding carboxylic acids is 1. The third-order valence-corrected chi connectivity index (χ3v) is 4.68. The van der Waals surface area contributed by atoms with Gasteiger partial charge in [0.25, 0.3) is 5.91 Å². The van der Waals surface area contributed by atoms with E-state index in [1.165, 1.54) is 0 Å². The van der Waals surface area contributed by atoms with E-state index in [2.05, 4.69) is 36.5 Å². The average Bonchev–Trinajstić information content (AvgIpc) is 2.75. The number of aromatic nitrogens is 2. The van der Waals surface area contributed by atoms with Crippen molar-refractivity contribution in [1.82, 2.24) is 9.97 Å². The summed E-state index contributed by atoms with van der Waals surface area (Å²) < 4.78 is 0.912. The lowest BCUT2D eigenvalue weighted by atomic mass is 10.2. The highest BCUT2D eigenvalue weighted by molar-refractivity contribution is 9.10. The van der Waals surface area contributed by atoms with Crippen molar-refractivity contribution < 1.29 is 4.79 Å². The van der Waals surface area contributed by atoms with Crippen molar-refractivity contribution in [3.05, 3.63) is 101 Å². The van der Waals surface area contributed by atoms with Gasteiger partial charge in [0.15, 0.2) is 5.82 Å². The summed E-state index contributed by atoms with van der Waals surface area (Å²) in [6.07, 6.45) is 1.72. The molecule has 1 amide bonds. The summed E-state index contributed by atoms with van der Waals surface area (Å²) in [4.78, 5) is 21.3. The van der Waals surface area contributed by atoms with Crippen LogP contribution in [0, 0.1) is 0 Å². The van der Waals surface area contributed by atoms with Crippen LogP contribution in [0.15, 0.2) is 95.6 Å². The molecule has 4 rings (SSSR count). The van der Waals surface area contributed by atoms with Crippen LogP contribution in [0.25, 0.3) is 11.4 Å². The molecule has 142 valence electrons. The number of nitrogens with zero attached hydrogens (tertiary/aromatic N) is 2. The van der Waals surface area contributed by atoms with Crippen LogP contribution in [0.1, 0.15) is 10.4 Å². The molecule has 29 heavy (non-hydrogen) atoms. The minimum Gasteiger partial charge on any atom is -0.340 e. The molecule has 0 radical (unpaired) electrons. The van der Waals surface area contributed by atoms with Crippen LogP contribution in [0.3, 0.4) is 0 Å². The second kappa shape index (κ2) is 8.67. The van der Waals surface area contributed by atoms with Gasteiger partial charge in [-0.15, -0.1) is 0 Å². The van der Waals surface area contributed by atoms with Crippen LogP contribution in [0.4, 0.5) is 17.2 Å². The van der Waals surface area contributed by atoms with E-state index in [1.54, 1.807) is 24.4 Å². The summed E-state index contributed by atoms with van der Waals surface area (Å²) in [5.74, 6) is 1.17. The fraction of sp³-hybridized carbons (Fsp3) is 0. The summed E-state index contributed by atoms with van der Waals surface area (Å²) >= 11 is 3.40. The number of halogens is 1. The van der Waals surface area contributed by atoms with Gasteiger partial charge in [-0.3, -0.25) is 4.79 Å². The predicted octanol–water partition coefficient (Wildman–Crippen LogP) is 5.90. The van der Waals surface area contributed by atoms with E-state index >= 15 is 0 Å². The first-order valence-corrected chi connectivity index (χ1v) is 9.79. The molecule has 0 unspecified atom stereocenters. The van der Waals surface area contributed by atoms with Gasteiger partial charge in [0.2, 0.25) is 0 Å². The summed E-state index contributed by atoms with van der Waals surface area (Å²) in [6.45, 7) is 0. The molecule has 0 aliphatic heterocycles. The van der Waals surface area contributed by atoms with Crippen LogP contribution in [-0.4, -0.2) is 15.9 Å². The Morgan fingerprint density at radius 2 is 1.62 bits per heavy atom. The highest BCUT2D eigenvalue weighted by atomic mass is 79.9. The number of anilines is 3. The van der Waals surface area contributed by atoms with E-state index in [1.807, 2.05) is 66.7 Å². The zero-order chi connectivity index (χ0) is 20.1. The smallest absolute Gasteiger partial charge is 0.255 e. The van der Waals surface area contributed by atoms with Gasteiger partial charge in [-0.1, -0.05) is 52.3 Å². The van der Waals surface area contributed by atoms with Crippen LogP contribution in [0.2, 0.25) is 0 Å². The minimum atomic E-state index is -0.164. The van der Waals surface area contributed by atoms with Gasteiger partial charge < -0.3 is 10.6 Å². The zero-order valence-corrected chi connectivity index (χ0v) is 16.9. The lowest BCUT2D eigenvalue weighted by Gasteiger charge is -2.09. The lowest BCUT2D eigenvalue weighted by molar-refractivity contribution is 0.102. The summed E-state index contributed by atoms with van der Waals surface area (Å²) in [5, 5.41) is 6.13. The summed E-state index contributed by atoms with van der Waals surface area (Å²) in [5.41, 5.74) is 3.10. The largest absolute Gasteiger partial charge is 0.340 e. The quantitative estimate of drug-likeness (QED) is 0.401. The van der Waals surface area contributed by atoms with E-state index in [0.29, 0.717) is 17.2 Å². The summed E-state index contributed by atoms with van der Waals surface area (Å²) in [7, 11) is 0. The Morgan fingerprint density at radius 3 is 2.38 bits per heavy atom. The monoisotopic (exact) mass is 444 g/mol. The van der Waals surface area contributed by atoms with Crippen molar-refractivity contribution in [1.29, 1.82) is 0 Å². The number of nitrogens with one attached hydrogen (secondary N) is 2. The van der Waals surface area contributed by atoms with Gasteiger partial charge in [0.1, 0.15) is 5.82 Å². The Morgan fingerprint density at radius 1 is 0.828 bits per heavy atom. The van der Waals surface area contributed by atoms with Crippen LogP contribution >= 0.6 is 15.9 Å². The highest BCUT2D eigenvalue weighted by Gasteiger charge is 2.07. The van der Waals surface area contributed by atoms with Crippen molar-refractivity contribution in [3.8, 4) is 11.4 Å². The lowest BCUT2D eigenvalue weighted by Crippen LogP contribution is -2.11. The second-order valence-corrected chi connectivity index (χ2v) is 7.21. The van der Waals surface area contributed by atoms with Gasteiger partial charge in [-0.05, 0) is 48.5 Å². The molecular weight excluding hydrogens is 428 g/mol. The minimum absolute atomic E-state index is 0.164. The maximum Gasteiger partial charge on any atom is 0.255 e. The molecule has 0 aliphatic carbocycles. The Balaban J connectivity index is 1.45. The normalized spacial score (nSPS) is 10.4. The molecule has 6 heteroatoms. The molecule has 1 aromatic heterocycles. The van der Waals surface area contributed by atoms with Crippen LogP contribution in [-0.2, 0) is 0 Å². The van der Waals surface area contributed by atoms with E-state index < -0.39 is 0 Å². The number of amides is 1. The fourth-order valence-corrected chi connectivity index (χ4v) is 3.18. The first kappa shape index (κ1) is 18.8. The van der Waals surface area contributed by atoms with Crippen molar-refractivity contribution in [3.63, 3.8) is 0 Å². The number of benzene rings is 3. The highest BCUT2D eigenvalue weighted by Crippen LogP contribution is 2.20. The molecule has 0 spiro atoms. The molecule has 0 saturated heterocycles. The van der Waals surface area contributed by atoms with Crippen LogP contribution < -0.4 is 10.6 Å². The van der Waals surface area contributed by atoms with Gasteiger partial charge >= 0.3 is 0 Å². The molecule has 0 bridgehead atoms. The zero-order valence-electron chi connectivity index (χ0n) is 15.3. The number of hydrogen-bond donors (Lipinski definition) is 2. The Kier molecular flexibility index (Phi) is 5.63. The molecule has 4 aromatic rings. The maximum atomic E-state index is 12.4. The number of rotatable bonds is 5. The first-order valence-electron chi connectivity index (χ1n) is 9.00. The van der Waals surface area contributed by atoms with E-state index in [-0.39, 0.29) is 5.91 Å². The molecule has 5 nitrogen and oxygen atoms in total. The van der Waals surface area contributed by atoms with E-state index in [4.69, 9.17) is 0 Å². The van der Waals surface area contributed by atoms with Crippen molar-refractivity contribution in [2.24, 2.45) is 0 Å². The third-order valence-electron chi connectivity index (χ3n) is 4.19. The molecule has 0 fully saturated rings. The summed E-state index contributed by atoms with van der Waals surface area (Å²) in [6, 6.07) is 26.3. The van der Waals surface area contributed by atoms with Crippen molar-refractivity contribution in [2.75, 3.05) is 10.6 Å². The molecular formula is C23H17BrN4O. The Hall–Kier alpha value is -3.51.